The third-order valence-electron chi connectivity index (χ3n) is 3.77. The van der Waals surface area contributed by atoms with Gasteiger partial charge >= 0.3 is 0 Å². The first-order valence-electron chi connectivity index (χ1n) is 7.33. The van der Waals surface area contributed by atoms with E-state index in [2.05, 4.69) is 22.4 Å². The molecule has 1 unspecified atom stereocenters. The highest BCUT2D eigenvalue weighted by molar-refractivity contribution is 5.92. The normalized spacial score (nSPS) is 19.0. The van der Waals surface area contributed by atoms with Gasteiger partial charge in [-0.05, 0) is 30.7 Å². The highest BCUT2D eigenvalue weighted by Crippen LogP contribution is 2.18. The van der Waals surface area contributed by atoms with Gasteiger partial charge < -0.3 is 10.2 Å². The fourth-order valence-electron chi connectivity index (χ4n) is 2.67. The Morgan fingerprint density at radius 3 is 2.71 bits per heavy atom. The fourth-order valence-corrected chi connectivity index (χ4v) is 2.67. The minimum Gasteiger partial charge on any atom is -0.335 e. The molecule has 108 valence electrons. The first kappa shape index (κ1) is 13.8. The molecule has 0 radical (unpaired) electrons. The van der Waals surface area contributed by atoms with Gasteiger partial charge in [-0.1, -0.05) is 36.4 Å². The van der Waals surface area contributed by atoms with Crippen molar-refractivity contribution in [2.45, 2.75) is 12.5 Å². The molecule has 1 amide bonds. The lowest BCUT2D eigenvalue weighted by Crippen LogP contribution is -2.36. The summed E-state index contributed by atoms with van der Waals surface area (Å²) in [6, 6.07) is 15.9. The van der Waals surface area contributed by atoms with E-state index in [1.165, 1.54) is 5.56 Å². The van der Waals surface area contributed by atoms with Gasteiger partial charge in [-0.3, -0.25) is 9.78 Å². The molecule has 4 heteroatoms. The van der Waals surface area contributed by atoms with Gasteiger partial charge in [-0.2, -0.15) is 0 Å². The highest BCUT2D eigenvalue weighted by Gasteiger charge is 2.23. The van der Waals surface area contributed by atoms with E-state index in [1.54, 1.807) is 12.3 Å². The molecule has 3 rings (SSSR count). The second kappa shape index (κ2) is 6.50. The summed E-state index contributed by atoms with van der Waals surface area (Å²) in [6.45, 7) is 2.37. The van der Waals surface area contributed by atoms with Crippen molar-refractivity contribution in [1.29, 1.82) is 0 Å². The SMILES string of the molecule is O=C(c1ccccn1)N1CCCNC(c2ccccc2)C1. The zero-order valence-corrected chi connectivity index (χ0v) is 11.9. The van der Waals surface area contributed by atoms with Crippen LogP contribution >= 0.6 is 0 Å². The van der Waals surface area contributed by atoms with Crippen LogP contribution in [0.3, 0.4) is 0 Å². The Labute approximate surface area is 124 Å². The molecule has 2 heterocycles. The molecule has 4 nitrogen and oxygen atoms in total. The molecule has 0 saturated carbocycles. The Balaban J connectivity index is 1.78. The van der Waals surface area contributed by atoms with Crippen LogP contribution in [0.1, 0.15) is 28.5 Å². The zero-order chi connectivity index (χ0) is 14.5. The molecule has 1 aromatic heterocycles. The number of rotatable bonds is 2. The van der Waals surface area contributed by atoms with Gasteiger partial charge in [0, 0.05) is 25.3 Å². The smallest absolute Gasteiger partial charge is 0.272 e. The summed E-state index contributed by atoms with van der Waals surface area (Å²) >= 11 is 0. The molecule has 1 aliphatic rings. The van der Waals surface area contributed by atoms with Gasteiger partial charge in [0.25, 0.3) is 5.91 Å². The maximum Gasteiger partial charge on any atom is 0.272 e. The largest absolute Gasteiger partial charge is 0.335 e. The Morgan fingerprint density at radius 1 is 1.14 bits per heavy atom. The van der Waals surface area contributed by atoms with E-state index in [9.17, 15) is 4.79 Å². The Morgan fingerprint density at radius 2 is 1.95 bits per heavy atom. The molecule has 1 aromatic carbocycles. The molecule has 21 heavy (non-hydrogen) atoms. The summed E-state index contributed by atoms with van der Waals surface area (Å²) in [5.41, 5.74) is 1.74. The first-order chi connectivity index (χ1) is 10.3. The Hall–Kier alpha value is -2.20. The lowest BCUT2D eigenvalue weighted by molar-refractivity contribution is 0.0747. The van der Waals surface area contributed by atoms with Crippen LogP contribution in [0.4, 0.5) is 0 Å². The number of benzene rings is 1. The van der Waals surface area contributed by atoms with Crippen molar-refractivity contribution < 1.29 is 4.79 Å². The topological polar surface area (TPSA) is 45.2 Å². The number of hydrogen-bond donors (Lipinski definition) is 1. The van der Waals surface area contributed by atoms with Crippen LogP contribution < -0.4 is 5.32 Å². The lowest BCUT2D eigenvalue weighted by Gasteiger charge is -2.24. The van der Waals surface area contributed by atoms with Crippen molar-refractivity contribution in [3.05, 3.63) is 66.0 Å². The monoisotopic (exact) mass is 281 g/mol. The standard InChI is InChI=1S/C17H19N3O/c21-17(15-9-4-5-10-18-15)20-12-6-11-19-16(13-20)14-7-2-1-3-8-14/h1-5,7-10,16,19H,6,11-13H2. The van der Waals surface area contributed by atoms with E-state index in [0.717, 1.165) is 19.5 Å². The molecule has 1 aliphatic heterocycles. The Kier molecular flexibility index (Phi) is 4.26. The molecule has 0 spiro atoms. The summed E-state index contributed by atoms with van der Waals surface area (Å²) < 4.78 is 0. The van der Waals surface area contributed by atoms with Crippen LogP contribution in [0, 0.1) is 0 Å². The number of pyridine rings is 1. The second-order valence-corrected chi connectivity index (χ2v) is 5.24. The number of nitrogens with zero attached hydrogens (tertiary/aromatic N) is 2. The second-order valence-electron chi connectivity index (χ2n) is 5.24. The third kappa shape index (κ3) is 3.28. The maximum atomic E-state index is 12.6. The van der Waals surface area contributed by atoms with Crippen molar-refractivity contribution in [3.8, 4) is 0 Å². The summed E-state index contributed by atoms with van der Waals surface area (Å²) in [5, 5.41) is 3.52. The number of amides is 1. The van der Waals surface area contributed by atoms with Crippen LogP contribution in [0.25, 0.3) is 0 Å². The molecule has 0 aliphatic carbocycles. The van der Waals surface area contributed by atoms with Gasteiger partial charge in [0.1, 0.15) is 5.69 Å². The number of aromatic nitrogens is 1. The van der Waals surface area contributed by atoms with E-state index < -0.39 is 0 Å². The summed E-state index contributed by atoms with van der Waals surface area (Å²) in [4.78, 5) is 18.6. The van der Waals surface area contributed by atoms with E-state index in [0.29, 0.717) is 12.2 Å². The average Bonchev–Trinajstić information content (AvgIpc) is 2.82. The molecular formula is C17H19N3O. The number of carbonyl (C=O) groups excluding carboxylic acids is 1. The van der Waals surface area contributed by atoms with Crippen molar-refractivity contribution in [2.24, 2.45) is 0 Å². The van der Waals surface area contributed by atoms with Crippen molar-refractivity contribution in [2.75, 3.05) is 19.6 Å². The molecule has 1 atom stereocenters. The molecule has 0 bridgehead atoms. The molecular weight excluding hydrogens is 262 g/mol. The lowest BCUT2D eigenvalue weighted by atomic mass is 10.1. The van der Waals surface area contributed by atoms with Crippen molar-refractivity contribution in [3.63, 3.8) is 0 Å². The summed E-state index contributed by atoms with van der Waals surface area (Å²) in [7, 11) is 0. The highest BCUT2D eigenvalue weighted by atomic mass is 16.2. The van der Waals surface area contributed by atoms with Gasteiger partial charge in [-0.25, -0.2) is 0 Å². The van der Waals surface area contributed by atoms with E-state index in [-0.39, 0.29) is 11.9 Å². The molecule has 1 saturated heterocycles. The van der Waals surface area contributed by atoms with Gasteiger partial charge in [-0.15, -0.1) is 0 Å². The van der Waals surface area contributed by atoms with Crippen LogP contribution in [0.15, 0.2) is 54.7 Å². The quantitative estimate of drug-likeness (QED) is 0.918. The van der Waals surface area contributed by atoms with Gasteiger partial charge in [0.15, 0.2) is 0 Å². The van der Waals surface area contributed by atoms with Crippen LogP contribution in [0.2, 0.25) is 0 Å². The third-order valence-corrected chi connectivity index (χ3v) is 3.77. The van der Waals surface area contributed by atoms with Crippen LogP contribution in [-0.4, -0.2) is 35.4 Å². The van der Waals surface area contributed by atoms with E-state index >= 15 is 0 Å². The zero-order valence-electron chi connectivity index (χ0n) is 11.9. The molecule has 1 fully saturated rings. The first-order valence-corrected chi connectivity index (χ1v) is 7.33. The maximum absolute atomic E-state index is 12.6. The Bertz CT molecular complexity index is 585. The summed E-state index contributed by atoms with van der Waals surface area (Å²) in [5.74, 6) is 0.0141. The predicted octanol–water partition coefficient (Wildman–Crippen LogP) is 2.26. The summed E-state index contributed by atoms with van der Waals surface area (Å²) in [6.07, 6.45) is 2.62. The predicted molar refractivity (Wildman–Crippen MR) is 81.9 cm³/mol. The minimum absolute atomic E-state index is 0.0141. The number of hydrogen-bond acceptors (Lipinski definition) is 3. The average molecular weight is 281 g/mol. The van der Waals surface area contributed by atoms with Crippen LogP contribution in [0.5, 0.6) is 0 Å². The van der Waals surface area contributed by atoms with Gasteiger partial charge in [0.2, 0.25) is 0 Å². The fraction of sp³-hybridized carbons (Fsp3) is 0.294. The molecule has 1 N–H and O–H groups in total. The van der Waals surface area contributed by atoms with Gasteiger partial charge in [0.05, 0.1) is 0 Å². The van der Waals surface area contributed by atoms with E-state index in [4.69, 9.17) is 0 Å². The minimum atomic E-state index is 0.0141. The van der Waals surface area contributed by atoms with Crippen LogP contribution in [-0.2, 0) is 0 Å². The van der Waals surface area contributed by atoms with Crippen molar-refractivity contribution in [1.82, 2.24) is 15.2 Å². The van der Waals surface area contributed by atoms with E-state index in [1.807, 2.05) is 35.2 Å². The van der Waals surface area contributed by atoms with Crippen molar-refractivity contribution >= 4 is 5.91 Å². The number of carbonyl (C=O) groups is 1. The number of nitrogens with one attached hydrogen (secondary N) is 1. The molecule has 2 aromatic rings.